The Bertz CT molecular complexity index is 1320. The van der Waals surface area contributed by atoms with Gasteiger partial charge in [0.2, 0.25) is 47.3 Å². The van der Waals surface area contributed by atoms with Gasteiger partial charge >= 0.3 is 5.97 Å². The number of primary amides is 1. The highest BCUT2D eigenvalue weighted by molar-refractivity contribution is 5.97. The summed E-state index contributed by atoms with van der Waals surface area (Å²) in [5, 5.41) is 24.1. The molecule has 6 atom stereocenters. The summed E-state index contributed by atoms with van der Waals surface area (Å²) >= 11 is 0. The topological polar surface area (TPSA) is 301 Å². The van der Waals surface area contributed by atoms with Crippen LogP contribution in [0.1, 0.15) is 80.6 Å². The number of nitrogens with one attached hydrogen (secondary N) is 6. The van der Waals surface area contributed by atoms with Crippen molar-refractivity contribution in [2.75, 3.05) is 19.6 Å². The van der Waals surface area contributed by atoms with Gasteiger partial charge in [-0.2, -0.15) is 0 Å². The summed E-state index contributed by atoms with van der Waals surface area (Å²) in [5.74, 6) is -7.76. The van der Waals surface area contributed by atoms with E-state index in [0.29, 0.717) is 6.42 Å². The molecule has 0 radical (unpaired) electrons. The van der Waals surface area contributed by atoms with Crippen LogP contribution < -0.4 is 43.4 Å². The lowest BCUT2D eigenvalue weighted by atomic mass is 9.98. The Morgan fingerprint density at radius 2 is 1.29 bits per heavy atom. The molecule has 1 heterocycles. The van der Waals surface area contributed by atoms with Gasteiger partial charge in [0.1, 0.15) is 42.8 Å². The van der Waals surface area contributed by atoms with E-state index in [0.717, 1.165) is 0 Å². The minimum Gasteiger partial charge on any atom is -0.480 e. The predicted molar refractivity (Wildman–Crippen MR) is 187 cm³/mol. The van der Waals surface area contributed by atoms with Crippen LogP contribution in [0, 0.1) is 17.8 Å². The molecule has 0 aromatic heterocycles. The molecular formula is C33H57N9O10. The van der Waals surface area contributed by atoms with Crippen molar-refractivity contribution in [1.82, 2.24) is 36.8 Å². The molecule has 294 valence electrons. The first kappa shape index (κ1) is 45.2. The fourth-order valence-electron chi connectivity index (χ4n) is 5.52. The van der Waals surface area contributed by atoms with E-state index in [1.54, 1.807) is 27.7 Å². The third-order valence-electron chi connectivity index (χ3n) is 8.34. The average Bonchev–Trinajstić information content (AvgIpc) is 3.55. The van der Waals surface area contributed by atoms with Crippen LogP contribution in [0.15, 0.2) is 0 Å². The Morgan fingerprint density at radius 3 is 1.77 bits per heavy atom. The molecule has 0 aromatic carbocycles. The average molecular weight is 740 g/mol. The molecule has 1 aliphatic rings. The molecule has 19 nitrogen and oxygen atoms in total. The number of carbonyl (C=O) groups is 9. The molecule has 19 heteroatoms. The number of aliphatic carboxylic acids is 1. The van der Waals surface area contributed by atoms with Gasteiger partial charge in [0.25, 0.3) is 0 Å². The van der Waals surface area contributed by atoms with E-state index in [1.165, 1.54) is 11.8 Å². The van der Waals surface area contributed by atoms with Crippen LogP contribution in [-0.4, -0.2) is 119 Å². The number of amides is 8. The van der Waals surface area contributed by atoms with Crippen molar-refractivity contribution < 1.29 is 48.3 Å². The van der Waals surface area contributed by atoms with Crippen LogP contribution in [0.5, 0.6) is 0 Å². The Morgan fingerprint density at radius 1 is 0.750 bits per heavy atom. The van der Waals surface area contributed by atoms with Crippen molar-refractivity contribution in [3.8, 4) is 0 Å². The van der Waals surface area contributed by atoms with Gasteiger partial charge in [-0.15, -0.1) is 0 Å². The number of hydrogen-bond acceptors (Lipinski definition) is 10. The fourth-order valence-corrected chi connectivity index (χ4v) is 5.52. The first-order valence-electron chi connectivity index (χ1n) is 17.5. The number of hydrogen-bond donors (Lipinski definition) is 9. The highest BCUT2D eigenvalue weighted by atomic mass is 16.4. The molecule has 52 heavy (non-hydrogen) atoms. The zero-order valence-electron chi connectivity index (χ0n) is 31.1. The Hall–Kier alpha value is -4.81. The van der Waals surface area contributed by atoms with Crippen molar-refractivity contribution in [2.45, 2.75) is 117 Å². The lowest BCUT2D eigenvalue weighted by Gasteiger charge is -2.31. The van der Waals surface area contributed by atoms with E-state index < -0.39 is 108 Å². The van der Waals surface area contributed by atoms with Gasteiger partial charge in [-0.25, -0.2) is 0 Å². The second kappa shape index (κ2) is 21.5. The SMILES string of the molecule is CC(C)C[C@H](NC(=O)[C@@H](NC(=O)[C@H](C)NC(=O)CN)C(C)C)C(=O)N[C@H](C(=O)N[C@@H](CCC(N)=O)C(=O)N1CCC[C@H]1C(=O)NCC(=O)O)C(C)C. The molecule has 0 spiro atoms. The highest BCUT2D eigenvalue weighted by Gasteiger charge is 2.39. The lowest BCUT2D eigenvalue weighted by Crippen LogP contribution is -2.61. The quantitative estimate of drug-likeness (QED) is 0.0579. The van der Waals surface area contributed by atoms with E-state index in [9.17, 15) is 43.2 Å². The fraction of sp³-hybridized carbons (Fsp3) is 0.727. The summed E-state index contributed by atoms with van der Waals surface area (Å²) in [7, 11) is 0. The van der Waals surface area contributed by atoms with Gasteiger partial charge in [0.05, 0.1) is 6.54 Å². The zero-order chi connectivity index (χ0) is 39.9. The Kier molecular flexibility index (Phi) is 18.7. The van der Waals surface area contributed by atoms with Crippen LogP contribution in [-0.2, 0) is 43.2 Å². The van der Waals surface area contributed by atoms with Crippen molar-refractivity contribution in [1.29, 1.82) is 0 Å². The molecule has 0 saturated carbocycles. The van der Waals surface area contributed by atoms with E-state index in [1.807, 2.05) is 13.8 Å². The van der Waals surface area contributed by atoms with Gasteiger partial charge in [-0.3, -0.25) is 43.2 Å². The monoisotopic (exact) mass is 739 g/mol. The summed E-state index contributed by atoms with van der Waals surface area (Å²) in [6.07, 6.45) is 0.360. The standard InChI is InChI=1S/C33H57N9O10/c1-16(2)13-21(39-32(51)26(17(3)4)40-28(47)19(7)37-24(44)14-34)29(48)41-27(18(5)6)31(50)38-20(10-11-23(35)43)33(52)42-12-8-9-22(42)30(49)36-15-25(45)46/h16-22,26-27H,8-15,34H2,1-7H3,(H2,35,43)(H,36,49)(H,37,44)(H,38,50)(H,39,51)(H,40,47)(H,41,48)(H,45,46)/t19-,20-,21-,22-,26-,27-/m0/s1. The van der Waals surface area contributed by atoms with Gasteiger partial charge in [-0.1, -0.05) is 41.5 Å². The van der Waals surface area contributed by atoms with Crippen LogP contribution in [0.4, 0.5) is 0 Å². The summed E-state index contributed by atoms with van der Waals surface area (Å²) in [6.45, 7) is 10.9. The number of nitrogens with two attached hydrogens (primary N) is 2. The maximum Gasteiger partial charge on any atom is 0.322 e. The predicted octanol–water partition coefficient (Wildman–Crippen LogP) is -2.80. The number of nitrogens with zero attached hydrogens (tertiary/aromatic N) is 1. The molecule has 1 aliphatic heterocycles. The van der Waals surface area contributed by atoms with Crippen LogP contribution in [0.25, 0.3) is 0 Å². The van der Waals surface area contributed by atoms with Gasteiger partial charge in [0.15, 0.2) is 0 Å². The van der Waals surface area contributed by atoms with Crippen molar-refractivity contribution in [3.63, 3.8) is 0 Å². The van der Waals surface area contributed by atoms with E-state index in [2.05, 4.69) is 31.9 Å². The molecule has 1 saturated heterocycles. The van der Waals surface area contributed by atoms with E-state index in [-0.39, 0.29) is 44.7 Å². The number of likely N-dealkylation sites (tertiary alicyclic amines) is 1. The minimum atomic E-state index is -1.32. The first-order chi connectivity index (χ1) is 24.2. The molecule has 11 N–H and O–H groups in total. The summed E-state index contributed by atoms with van der Waals surface area (Å²) in [4.78, 5) is 115. The van der Waals surface area contributed by atoms with Gasteiger partial charge < -0.3 is 53.4 Å². The molecule has 0 aliphatic carbocycles. The number of carboxylic acid groups (broad SMARTS) is 1. The Balaban J connectivity index is 3.21. The van der Waals surface area contributed by atoms with E-state index in [4.69, 9.17) is 16.6 Å². The molecule has 0 bridgehead atoms. The molecule has 1 rings (SSSR count). The van der Waals surface area contributed by atoms with E-state index >= 15 is 0 Å². The molecule has 1 fully saturated rings. The van der Waals surface area contributed by atoms with Crippen molar-refractivity contribution in [2.24, 2.45) is 29.2 Å². The van der Waals surface area contributed by atoms with Crippen molar-refractivity contribution >= 4 is 53.2 Å². The second-order valence-corrected chi connectivity index (χ2v) is 14.0. The zero-order valence-corrected chi connectivity index (χ0v) is 31.1. The van der Waals surface area contributed by atoms with Gasteiger partial charge in [-0.05, 0) is 50.4 Å². The first-order valence-corrected chi connectivity index (χ1v) is 17.5. The third-order valence-corrected chi connectivity index (χ3v) is 8.34. The summed E-state index contributed by atoms with van der Waals surface area (Å²) < 4.78 is 0. The maximum atomic E-state index is 13.7. The Labute approximate surface area is 303 Å². The molecule has 8 amide bonds. The summed E-state index contributed by atoms with van der Waals surface area (Å²) in [5.41, 5.74) is 10.6. The van der Waals surface area contributed by atoms with Crippen LogP contribution in [0.2, 0.25) is 0 Å². The summed E-state index contributed by atoms with van der Waals surface area (Å²) in [6, 6.07) is -6.75. The largest absolute Gasteiger partial charge is 0.480 e. The molecule has 0 aromatic rings. The van der Waals surface area contributed by atoms with Crippen LogP contribution in [0.3, 0.4) is 0 Å². The molecular weight excluding hydrogens is 682 g/mol. The number of rotatable bonds is 21. The number of carboxylic acids is 1. The third kappa shape index (κ3) is 14.8. The maximum absolute atomic E-state index is 13.7. The minimum absolute atomic E-state index is 0.0992. The highest BCUT2D eigenvalue weighted by Crippen LogP contribution is 2.20. The van der Waals surface area contributed by atoms with Crippen LogP contribution >= 0.6 is 0 Å². The normalized spacial score (nSPS) is 17.0. The lowest BCUT2D eigenvalue weighted by molar-refractivity contribution is -0.143. The van der Waals surface area contributed by atoms with Crippen molar-refractivity contribution in [3.05, 3.63) is 0 Å². The second-order valence-electron chi connectivity index (χ2n) is 14.0. The molecule has 0 unspecified atom stereocenters. The smallest absolute Gasteiger partial charge is 0.322 e. The van der Waals surface area contributed by atoms with Gasteiger partial charge in [0, 0.05) is 13.0 Å². The number of carbonyl (C=O) groups excluding carboxylic acids is 8.